The number of hydrogen-bond acceptors (Lipinski definition) is 2. The quantitative estimate of drug-likeness (QED) is 0.237. The summed E-state index contributed by atoms with van der Waals surface area (Å²) in [5.74, 6) is -0.532. The third-order valence-corrected chi connectivity index (χ3v) is 1.24. The Hall–Kier alpha value is -0.580. The molecule has 0 aromatic heterocycles. The second kappa shape index (κ2) is 4.45. The van der Waals surface area contributed by atoms with Gasteiger partial charge in [0.15, 0.2) is 0 Å². The predicted octanol–water partition coefficient (Wildman–Crippen LogP) is -1.08. The molecule has 1 aromatic carbocycles. The van der Waals surface area contributed by atoms with Crippen molar-refractivity contribution in [3.63, 3.8) is 0 Å². The Morgan fingerprint density at radius 1 is 1.50 bits per heavy atom. The van der Waals surface area contributed by atoms with Crippen molar-refractivity contribution in [2.24, 2.45) is 0 Å². The Bertz CT molecular complexity index is 303. The molecule has 0 saturated heterocycles. The molecular weight excluding hydrogens is 172 g/mol. The van der Waals surface area contributed by atoms with Crippen molar-refractivity contribution in [2.45, 2.75) is 0 Å². The first-order valence-corrected chi connectivity index (χ1v) is 2.87. The Balaban J connectivity index is 0.00000121. The third-order valence-electron chi connectivity index (χ3n) is 1.24. The van der Waals surface area contributed by atoms with Crippen molar-refractivity contribution in [2.75, 3.05) is 0 Å². The van der Waals surface area contributed by atoms with Gasteiger partial charge in [0.05, 0.1) is 0 Å². The molecule has 0 spiro atoms. The molecule has 0 aliphatic rings. The van der Waals surface area contributed by atoms with Crippen LogP contribution in [-0.4, -0.2) is 4.92 Å². The van der Waals surface area contributed by atoms with Crippen LogP contribution in [0.2, 0.25) is 0 Å². The zero-order valence-corrected chi connectivity index (χ0v) is 8.58. The molecule has 12 heavy (non-hydrogen) atoms. The molecule has 0 atom stereocenters. The first-order valence-electron chi connectivity index (χ1n) is 2.87. The molecule has 0 bridgehead atoms. The minimum absolute atomic E-state index is 0. The SMILES string of the molecule is [CH2-]c1cc([N+](=O)[O-])ccc1F.[Na+]. The van der Waals surface area contributed by atoms with Gasteiger partial charge in [-0.1, -0.05) is 12.1 Å². The average molecular weight is 177 g/mol. The van der Waals surface area contributed by atoms with Crippen LogP contribution in [0.1, 0.15) is 5.56 Å². The van der Waals surface area contributed by atoms with Crippen LogP contribution >= 0.6 is 0 Å². The molecule has 0 fully saturated rings. The molecule has 3 nitrogen and oxygen atoms in total. The van der Waals surface area contributed by atoms with Crippen LogP contribution in [0.4, 0.5) is 10.1 Å². The standard InChI is InChI=1S/C7H5FNO2.Na/c1-5-4-6(9(10)11)2-3-7(5)8;/h2-4H,1H2;/q-1;+1. The molecule has 0 aliphatic carbocycles. The summed E-state index contributed by atoms with van der Waals surface area (Å²) in [7, 11) is 0. The summed E-state index contributed by atoms with van der Waals surface area (Å²) in [6, 6.07) is 3.22. The first-order chi connectivity index (χ1) is 5.11. The van der Waals surface area contributed by atoms with E-state index >= 15 is 0 Å². The molecule has 0 heterocycles. The topological polar surface area (TPSA) is 43.1 Å². The summed E-state index contributed by atoms with van der Waals surface area (Å²) in [5, 5.41) is 10.1. The molecule has 5 heteroatoms. The fraction of sp³-hybridized carbons (Fsp3) is 0. The summed E-state index contributed by atoms with van der Waals surface area (Å²) in [6.45, 7) is 3.28. The smallest absolute Gasteiger partial charge is 0.284 e. The molecule has 0 radical (unpaired) electrons. The van der Waals surface area contributed by atoms with Gasteiger partial charge in [0.25, 0.3) is 0 Å². The molecule has 0 N–H and O–H groups in total. The molecular formula is C7H5FNNaO2. The number of nitro groups is 1. The van der Waals surface area contributed by atoms with E-state index in [9.17, 15) is 14.5 Å². The first kappa shape index (κ1) is 11.4. The number of nitrogens with zero attached hydrogens (tertiary/aromatic N) is 1. The molecule has 58 valence electrons. The Kier molecular flexibility index (Phi) is 4.23. The zero-order valence-electron chi connectivity index (χ0n) is 6.58. The van der Waals surface area contributed by atoms with Gasteiger partial charge in [-0.15, -0.1) is 0 Å². The van der Waals surface area contributed by atoms with Gasteiger partial charge >= 0.3 is 29.6 Å². The van der Waals surface area contributed by atoms with E-state index in [1.165, 1.54) is 0 Å². The second-order valence-corrected chi connectivity index (χ2v) is 2.03. The maximum absolute atomic E-state index is 12.5. The van der Waals surface area contributed by atoms with Gasteiger partial charge in [-0.2, -0.15) is 12.5 Å². The fourth-order valence-corrected chi connectivity index (χ4v) is 0.675. The van der Waals surface area contributed by atoms with Gasteiger partial charge in [-0.25, -0.2) is 0 Å². The van der Waals surface area contributed by atoms with E-state index in [1.807, 2.05) is 0 Å². The zero-order chi connectivity index (χ0) is 8.43. The number of non-ortho nitro benzene ring substituents is 1. The van der Waals surface area contributed by atoms with Crippen LogP contribution in [0, 0.1) is 22.9 Å². The largest absolute Gasteiger partial charge is 1.00 e. The van der Waals surface area contributed by atoms with Crippen LogP contribution in [-0.2, 0) is 0 Å². The summed E-state index contributed by atoms with van der Waals surface area (Å²) in [6.07, 6.45) is 0. The minimum atomic E-state index is -0.589. The number of nitro benzene ring substituents is 1. The molecule has 0 aliphatic heterocycles. The van der Waals surface area contributed by atoms with E-state index in [-0.39, 0.29) is 40.8 Å². The van der Waals surface area contributed by atoms with Crippen molar-refractivity contribution < 1.29 is 38.9 Å². The number of halogens is 1. The van der Waals surface area contributed by atoms with Gasteiger partial charge in [-0.05, 0) is 6.07 Å². The summed E-state index contributed by atoms with van der Waals surface area (Å²) in [5.41, 5.74) is -0.101. The van der Waals surface area contributed by atoms with Crippen LogP contribution in [0.5, 0.6) is 0 Å². The molecule has 1 rings (SSSR count). The summed E-state index contributed by atoms with van der Waals surface area (Å²) < 4.78 is 12.5. The Morgan fingerprint density at radius 3 is 2.50 bits per heavy atom. The van der Waals surface area contributed by atoms with Gasteiger partial charge in [-0.3, -0.25) is 14.5 Å². The summed E-state index contributed by atoms with van der Waals surface area (Å²) in [4.78, 5) is 9.53. The molecule has 0 unspecified atom stereocenters. The van der Waals surface area contributed by atoms with Gasteiger partial charge in [0, 0.05) is 10.7 Å². The number of hydrogen-bond donors (Lipinski definition) is 0. The number of benzene rings is 1. The van der Waals surface area contributed by atoms with Crippen molar-refractivity contribution in [3.8, 4) is 0 Å². The van der Waals surface area contributed by atoms with E-state index in [0.29, 0.717) is 0 Å². The Morgan fingerprint density at radius 2 is 2.08 bits per heavy atom. The Labute approximate surface area is 91.0 Å². The second-order valence-electron chi connectivity index (χ2n) is 2.03. The van der Waals surface area contributed by atoms with E-state index in [4.69, 9.17) is 0 Å². The minimum Gasteiger partial charge on any atom is -0.284 e. The maximum Gasteiger partial charge on any atom is 1.00 e. The van der Waals surface area contributed by atoms with Crippen LogP contribution in [0.25, 0.3) is 0 Å². The normalized spacial score (nSPS) is 8.75. The van der Waals surface area contributed by atoms with E-state index in [2.05, 4.69) is 6.92 Å². The number of rotatable bonds is 1. The predicted molar refractivity (Wildman–Crippen MR) is 37.5 cm³/mol. The van der Waals surface area contributed by atoms with Gasteiger partial charge < -0.3 is 0 Å². The monoisotopic (exact) mass is 177 g/mol. The van der Waals surface area contributed by atoms with Crippen molar-refractivity contribution in [1.29, 1.82) is 0 Å². The van der Waals surface area contributed by atoms with Crippen molar-refractivity contribution in [3.05, 3.63) is 46.6 Å². The fourth-order valence-electron chi connectivity index (χ4n) is 0.675. The third kappa shape index (κ3) is 2.48. The van der Waals surface area contributed by atoms with E-state index in [0.717, 1.165) is 18.2 Å². The van der Waals surface area contributed by atoms with Gasteiger partial charge in [0.2, 0.25) is 5.69 Å². The van der Waals surface area contributed by atoms with Crippen LogP contribution in [0.3, 0.4) is 0 Å². The van der Waals surface area contributed by atoms with Gasteiger partial charge in [0.1, 0.15) is 0 Å². The molecule has 0 amide bonds. The van der Waals surface area contributed by atoms with Crippen molar-refractivity contribution in [1.82, 2.24) is 0 Å². The maximum atomic E-state index is 12.5. The van der Waals surface area contributed by atoms with Crippen molar-refractivity contribution >= 4 is 5.69 Å². The summed E-state index contributed by atoms with van der Waals surface area (Å²) >= 11 is 0. The van der Waals surface area contributed by atoms with E-state index < -0.39 is 10.7 Å². The average Bonchev–Trinajstić information content (AvgIpc) is 1.94. The molecule has 1 aromatic rings. The van der Waals surface area contributed by atoms with E-state index in [1.54, 1.807) is 0 Å². The van der Waals surface area contributed by atoms with Crippen LogP contribution < -0.4 is 29.6 Å². The van der Waals surface area contributed by atoms with Crippen LogP contribution in [0.15, 0.2) is 18.2 Å². The molecule has 0 saturated carbocycles.